The first-order valence-corrected chi connectivity index (χ1v) is 8.74. The number of likely N-dealkylation sites (tertiary alicyclic amines) is 1. The number of nitrogens with zero attached hydrogens (tertiary/aromatic N) is 1. The quantitative estimate of drug-likeness (QED) is 0.805. The number of carbonyl (C=O) groups is 3. The lowest BCUT2D eigenvalue weighted by Gasteiger charge is -2.35. The molecule has 0 aromatic carbocycles. The number of aliphatic carboxylic acids is 1. The number of carbonyl (C=O) groups excluding carboxylic acids is 2. The third-order valence-electron chi connectivity index (χ3n) is 5.21. The number of hydrogen-bond donors (Lipinski definition) is 2. The van der Waals surface area contributed by atoms with Gasteiger partial charge in [0.1, 0.15) is 0 Å². The Hall–Kier alpha value is -1.59. The number of carboxylic acids is 1. The van der Waals surface area contributed by atoms with Crippen LogP contribution in [0.15, 0.2) is 0 Å². The lowest BCUT2D eigenvalue weighted by Crippen LogP contribution is -2.48. The van der Waals surface area contributed by atoms with E-state index in [1.54, 1.807) is 4.90 Å². The Morgan fingerprint density at radius 2 is 1.83 bits per heavy atom. The largest absolute Gasteiger partial charge is 0.481 e. The maximum atomic E-state index is 12.2. The summed E-state index contributed by atoms with van der Waals surface area (Å²) < 4.78 is 0. The van der Waals surface area contributed by atoms with Crippen LogP contribution in [-0.2, 0) is 14.4 Å². The van der Waals surface area contributed by atoms with Gasteiger partial charge in [0.25, 0.3) is 0 Å². The fourth-order valence-corrected chi connectivity index (χ4v) is 3.75. The summed E-state index contributed by atoms with van der Waals surface area (Å²) in [5.41, 5.74) is 0. The first kappa shape index (κ1) is 17.8. The highest BCUT2D eigenvalue weighted by Crippen LogP contribution is 2.26. The molecule has 0 bridgehead atoms. The van der Waals surface area contributed by atoms with Crippen LogP contribution in [0.3, 0.4) is 0 Å². The Kier molecular flexibility index (Phi) is 6.42. The van der Waals surface area contributed by atoms with E-state index >= 15 is 0 Å². The van der Waals surface area contributed by atoms with E-state index in [1.165, 1.54) is 19.3 Å². The van der Waals surface area contributed by atoms with Gasteiger partial charge in [-0.25, -0.2) is 0 Å². The van der Waals surface area contributed by atoms with Gasteiger partial charge < -0.3 is 15.3 Å². The average molecular weight is 324 g/mol. The first-order chi connectivity index (χ1) is 11.0. The van der Waals surface area contributed by atoms with Crippen LogP contribution in [0.25, 0.3) is 0 Å². The summed E-state index contributed by atoms with van der Waals surface area (Å²) in [6.45, 7) is 2.79. The molecule has 2 fully saturated rings. The van der Waals surface area contributed by atoms with Crippen LogP contribution in [0.2, 0.25) is 0 Å². The smallest absolute Gasteiger partial charge is 0.306 e. The zero-order valence-corrected chi connectivity index (χ0v) is 13.9. The fourth-order valence-electron chi connectivity index (χ4n) is 3.75. The van der Waals surface area contributed by atoms with E-state index in [9.17, 15) is 14.4 Å². The second kappa shape index (κ2) is 8.31. The third kappa shape index (κ3) is 5.22. The van der Waals surface area contributed by atoms with Crippen LogP contribution in [0.4, 0.5) is 0 Å². The molecule has 130 valence electrons. The predicted molar refractivity (Wildman–Crippen MR) is 85.7 cm³/mol. The molecule has 23 heavy (non-hydrogen) atoms. The van der Waals surface area contributed by atoms with Gasteiger partial charge in [-0.2, -0.15) is 0 Å². The highest BCUT2D eigenvalue weighted by Gasteiger charge is 2.32. The Morgan fingerprint density at radius 1 is 1.13 bits per heavy atom. The van der Waals surface area contributed by atoms with E-state index < -0.39 is 5.97 Å². The molecule has 1 aliphatic heterocycles. The summed E-state index contributed by atoms with van der Waals surface area (Å²) in [5, 5.41) is 11.8. The summed E-state index contributed by atoms with van der Waals surface area (Å²) in [4.78, 5) is 36.9. The van der Waals surface area contributed by atoms with E-state index in [-0.39, 0.29) is 30.2 Å². The number of rotatable bonds is 5. The van der Waals surface area contributed by atoms with Crippen molar-refractivity contribution in [2.75, 3.05) is 19.6 Å². The van der Waals surface area contributed by atoms with Gasteiger partial charge in [-0.05, 0) is 31.1 Å². The van der Waals surface area contributed by atoms with Gasteiger partial charge in [0.2, 0.25) is 11.8 Å². The first-order valence-electron chi connectivity index (χ1n) is 8.74. The fraction of sp³-hybridized carbons (Fsp3) is 0.824. The standard InChI is InChI=1S/C17H28N2O4/c1-12-11-19(8-7-14(12)17(22)23)16(21)10-18-15(20)9-13-5-3-2-4-6-13/h12-14H,2-11H2,1H3,(H,18,20)(H,22,23). The lowest BCUT2D eigenvalue weighted by atomic mass is 9.87. The van der Waals surface area contributed by atoms with Gasteiger partial charge in [-0.3, -0.25) is 14.4 Å². The van der Waals surface area contributed by atoms with Crippen molar-refractivity contribution in [3.8, 4) is 0 Å². The SMILES string of the molecule is CC1CN(C(=O)CNC(=O)CC2CCCCC2)CCC1C(=O)O. The Morgan fingerprint density at radius 3 is 2.43 bits per heavy atom. The molecule has 2 aliphatic rings. The van der Waals surface area contributed by atoms with Crippen molar-refractivity contribution in [3.05, 3.63) is 0 Å². The second-order valence-electron chi connectivity index (χ2n) is 7.04. The molecule has 0 aromatic heterocycles. The third-order valence-corrected chi connectivity index (χ3v) is 5.21. The maximum absolute atomic E-state index is 12.2. The van der Waals surface area contributed by atoms with Gasteiger partial charge in [-0.15, -0.1) is 0 Å². The molecule has 1 saturated carbocycles. The van der Waals surface area contributed by atoms with Crippen molar-refractivity contribution in [2.24, 2.45) is 17.8 Å². The Labute approximate surface area is 137 Å². The van der Waals surface area contributed by atoms with Gasteiger partial charge >= 0.3 is 5.97 Å². The molecule has 0 spiro atoms. The molecule has 2 N–H and O–H groups in total. The summed E-state index contributed by atoms with van der Waals surface area (Å²) in [5.74, 6) is -0.907. The molecular weight excluding hydrogens is 296 g/mol. The maximum Gasteiger partial charge on any atom is 0.306 e. The van der Waals surface area contributed by atoms with Crippen molar-refractivity contribution in [2.45, 2.75) is 51.9 Å². The Bertz CT molecular complexity index is 446. The van der Waals surface area contributed by atoms with Gasteiger partial charge in [0.05, 0.1) is 12.5 Å². The zero-order valence-electron chi connectivity index (χ0n) is 13.9. The van der Waals surface area contributed by atoms with Crippen LogP contribution < -0.4 is 5.32 Å². The summed E-state index contributed by atoms with van der Waals surface area (Å²) in [7, 11) is 0. The highest BCUT2D eigenvalue weighted by molar-refractivity contribution is 5.85. The van der Waals surface area contributed by atoms with Crippen molar-refractivity contribution < 1.29 is 19.5 Å². The number of piperidine rings is 1. The van der Waals surface area contributed by atoms with Crippen LogP contribution in [0, 0.1) is 17.8 Å². The summed E-state index contributed by atoms with van der Waals surface area (Å²) in [6.07, 6.45) is 6.90. The topological polar surface area (TPSA) is 86.7 Å². The average Bonchev–Trinajstić information content (AvgIpc) is 2.53. The van der Waals surface area contributed by atoms with Gasteiger partial charge in [0.15, 0.2) is 0 Å². The molecule has 2 unspecified atom stereocenters. The molecule has 6 nitrogen and oxygen atoms in total. The van der Waals surface area contributed by atoms with Crippen molar-refractivity contribution >= 4 is 17.8 Å². The predicted octanol–water partition coefficient (Wildman–Crippen LogP) is 1.64. The molecule has 1 heterocycles. The highest BCUT2D eigenvalue weighted by atomic mass is 16.4. The van der Waals surface area contributed by atoms with E-state index in [1.807, 2.05) is 6.92 Å². The minimum atomic E-state index is -0.787. The van der Waals surface area contributed by atoms with Crippen LogP contribution in [0.1, 0.15) is 51.9 Å². The minimum absolute atomic E-state index is 0.0238. The zero-order chi connectivity index (χ0) is 16.8. The van der Waals surface area contributed by atoms with Gasteiger partial charge in [-0.1, -0.05) is 26.2 Å². The molecular formula is C17H28N2O4. The summed E-state index contributed by atoms with van der Waals surface area (Å²) in [6, 6.07) is 0. The number of nitrogens with one attached hydrogen (secondary N) is 1. The molecule has 1 saturated heterocycles. The van der Waals surface area contributed by atoms with Crippen LogP contribution in [-0.4, -0.2) is 47.4 Å². The molecule has 1 aliphatic carbocycles. The minimum Gasteiger partial charge on any atom is -0.481 e. The molecule has 6 heteroatoms. The number of amides is 2. The van der Waals surface area contributed by atoms with Crippen LogP contribution in [0.5, 0.6) is 0 Å². The Balaban J connectivity index is 1.70. The normalized spacial score (nSPS) is 25.9. The van der Waals surface area contributed by atoms with E-state index in [2.05, 4.69) is 5.32 Å². The second-order valence-corrected chi connectivity index (χ2v) is 7.04. The molecule has 2 atom stereocenters. The monoisotopic (exact) mass is 324 g/mol. The molecule has 2 amide bonds. The van der Waals surface area contributed by atoms with Crippen molar-refractivity contribution in [3.63, 3.8) is 0 Å². The van der Waals surface area contributed by atoms with Crippen molar-refractivity contribution in [1.82, 2.24) is 10.2 Å². The van der Waals surface area contributed by atoms with E-state index in [4.69, 9.17) is 5.11 Å². The number of hydrogen-bond acceptors (Lipinski definition) is 3. The van der Waals surface area contributed by atoms with Gasteiger partial charge in [0, 0.05) is 19.5 Å². The van der Waals surface area contributed by atoms with Crippen molar-refractivity contribution in [1.29, 1.82) is 0 Å². The van der Waals surface area contributed by atoms with E-state index in [0.29, 0.717) is 31.8 Å². The lowest BCUT2D eigenvalue weighted by molar-refractivity contribution is -0.148. The molecule has 2 rings (SSSR count). The van der Waals surface area contributed by atoms with Crippen LogP contribution >= 0.6 is 0 Å². The summed E-state index contributed by atoms with van der Waals surface area (Å²) >= 11 is 0. The van der Waals surface area contributed by atoms with E-state index in [0.717, 1.165) is 12.8 Å². The molecule has 0 radical (unpaired) electrons. The number of carboxylic acid groups (broad SMARTS) is 1. The molecule has 0 aromatic rings.